The van der Waals surface area contributed by atoms with Crippen molar-refractivity contribution < 1.29 is 0 Å². The van der Waals surface area contributed by atoms with Crippen molar-refractivity contribution in [1.82, 2.24) is 29.5 Å². The van der Waals surface area contributed by atoms with Gasteiger partial charge in [0.05, 0.1) is 18.9 Å². The van der Waals surface area contributed by atoms with Crippen LogP contribution >= 0.6 is 0 Å². The van der Waals surface area contributed by atoms with Gasteiger partial charge in [0.2, 0.25) is 0 Å². The summed E-state index contributed by atoms with van der Waals surface area (Å²) in [6.45, 7) is 1.40. The molecule has 0 radical (unpaired) electrons. The Balaban J connectivity index is 1.49. The second kappa shape index (κ2) is 6.96. The molecule has 0 aliphatic carbocycles. The maximum Gasteiger partial charge on any atom is 0.173 e. The Labute approximate surface area is 145 Å². The first-order valence-corrected chi connectivity index (χ1v) is 7.98. The predicted molar refractivity (Wildman–Crippen MR) is 94.3 cm³/mol. The number of rotatable bonds is 6. The first kappa shape index (κ1) is 15.1. The Kier molecular flexibility index (Phi) is 4.20. The molecule has 0 spiro atoms. The predicted octanol–water partition coefficient (Wildman–Crippen LogP) is 2.52. The molecule has 25 heavy (non-hydrogen) atoms. The number of nitrogens with one attached hydrogen (secondary N) is 1. The molecule has 0 saturated carbocycles. The van der Waals surface area contributed by atoms with Crippen molar-refractivity contribution in [3.05, 3.63) is 84.7 Å². The lowest BCUT2D eigenvalue weighted by Gasteiger charge is -2.11. The van der Waals surface area contributed by atoms with Gasteiger partial charge in [-0.05, 0) is 23.3 Å². The SMILES string of the molecule is c1ccc(Cn2cccn2)c(CNc2cncc(-n3cccn3)n2)c1. The molecule has 1 N–H and O–H groups in total. The molecule has 0 atom stereocenters. The lowest BCUT2D eigenvalue weighted by molar-refractivity contribution is 0.682. The van der Waals surface area contributed by atoms with Gasteiger partial charge < -0.3 is 5.32 Å². The van der Waals surface area contributed by atoms with Crippen molar-refractivity contribution >= 4 is 5.82 Å². The maximum absolute atomic E-state index is 4.54. The third-order valence-corrected chi connectivity index (χ3v) is 3.83. The molecule has 0 aliphatic rings. The van der Waals surface area contributed by atoms with Crippen molar-refractivity contribution in [2.45, 2.75) is 13.1 Å². The highest BCUT2D eigenvalue weighted by molar-refractivity contribution is 5.38. The van der Waals surface area contributed by atoms with E-state index in [1.165, 1.54) is 11.1 Å². The van der Waals surface area contributed by atoms with E-state index in [-0.39, 0.29) is 0 Å². The molecule has 7 nitrogen and oxygen atoms in total. The van der Waals surface area contributed by atoms with Gasteiger partial charge in [-0.1, -0.05) is 24.3 Å². The summed E-state index contributed by atoms with van der Waals surface area (Å²) in [6, 6.07) is 12.1. The third-order valence-electron chi connectivity index (χ3n) is 3.83. The van der Waals surface area contributed by atoms with E-state index in [0.29, 0.717) is 18.2 Å². The summed E-state index contributed by atoms with van der Waals surface area (Å²) in [5.41, 5.74) is 2.42. The number of anilines is 1. The van der Waals surface area contributed by atoms with Crippen LogP contribution in [0.3, 0.4) is 0 Å². The standard InChI is InChI=1S/C18H17N7/c1-2-6-16(14-24-9-3-7-21-24)15(5-1)11-20-17-12-19-13-18(23-17)25-10-4-8-22-25/h1-10,12-13H,11,14H2,(H,20,23). The zero-order valence-corrected chi connectivity index (χ0v) is 13.5. The van der Waals surface area contributed by atoms with Gasteiger partial charge in [-0.3, -0.25) is 9.67 Å². The average Bonchev–Trinajstić information content (AvgIpc) is 3.35. The molecule has 4 aromatic rings. The van der Waals surface area contributed by atoms with E-state index in [1.54, 1.807) is 29.5 Å². The minimum Gasteiger partial charge on any atom is -0.365 e. The summed E-state index contributed by atoms with van der Waals surface area (Å²) in [7, 11) is 0. The summed E-state index contributed by atoms with van der Waals surface area (Å²) >= 11 is 0. The first-order valence-electron chi connectivity index (χ1n) is 7.98. The van der Waals surface area contributed by atoms with Gasteiger partial charge in [-0.2, -0.15) is 10.2 Å². The maximum atomic E-state index is 4.54. The summed E-state index contributed by atoms with van der Waals surface area (Å²) < 4.78 is 3.60. The molecular formula is C18H17N7. The molecule has 7 heteroatoms. The van der Waals surface area contributed by atoms with E-state index >= 15 is 0 Å². The summed E-state index contributed by atoms with van der Waals surface area (Å²) in [4.78, 5) is 8.78. The molecule has 124 valence electrons. The molecular weight excluding hydrogens is 314 g/mol. The van der Waals surface area contributed by atoms with Gasteiger partial charge in [0, 0.05) is 31.3 Å². The van der Waals surface area contributed by atoms with Crippen molar-refractivity contribution in [3.63, 3.8) is 0 Å². The van der Waals surface area contributed by atoms with E-state index in [0.717, 1.165) is 6.54 Å². The zero-order chi connectivity index (χ0) is 16.9. The third kappa shape index (κ3) is 3.55. The number of hydrogen-bond donors (Lipinski definition) is 1. The normalized spacial score (nSPS) is 10.7. The first-order chi connectivity index (χ1) is 12.4. The largest absolute Gasteiger partial charge is 0.365 e. The minimum absolute atomic E-state index is 0.661. The Morgan fingerprint density at radius 1 is 0.880 bits per heavy atom. The second-order valence-corrected chi connectivity index (χ2v) is 5.54. The van der Waals surface area contributed by atoms with E-state index in [1.807, 2.05) is 41.3 Å². The molecule has 0 amide bonds. The molecule has 3 heterocycles. The molecule has 0 saturated heterocycles. The molecule has 0 bridgehead atoms. The van der Waals surface area contributed by atoms with Crippen LogP contribution in [0, 0.1) is 0 Å². The lowest BCUT2D eigenvalue weighted by Crippen LogP contribution is -2.09. The van der Waals surface area contributed by atoms with Crippen LogP contribution in [0.15, 0.2) is 73.6 Å². The van der Waals surface area contributed by atoms with Crippen LogP contribution in [0.5, 0.6) is 0 Å². The Hall–Kier alpha value is -3.48. The van der Waals surface area contributed by atoms with Crippen LogP contribution in [0.2, 0.25) is 0 Å². The fourth-order valence-corrected chi connectivity index (χ4v) is 2.59. The van der Waals surface area contributed by atoms with Gasteiger partial charge in [-0.15, -0.1) is 0 Å². The highest BCUT2D eigenvalue weighted by Gasteiger charge is 2.05. The quantitative estimate of drug-likeness (QED) is 0.588. The average molecular weight is 331 g/mol. The van der Waals surface area contributed by atoms with E-state index in [9.17, 15) is 0 Å². The minimum atomic E-state index is 0.661. The Bertz CT molecular complexity index is 930. The van der Waals surface area contributed by atoms with Gasteiger partial charge in [0.1, 0.15) is 5.82 Å². The van der Waals surface area contributed by atoms with Crippen molar-refractivity contribution in [3.8, 4) is 5.82 Å². The Morgan fingerprint density at radius 3 is 2.52 bits per heavy atom. The number of hydrogen-bond acceptors (Lipinski definition) is 5. The van der Waals surface area contributed by atoms with Crippen LogP contribution in [-0.2, 0) is 13.1 Å². The topological polar surface area (TPSA) is 73.5 Å². The molecule has 4 rings (SSSR count). The highest BCUT2D eigenvalue weighted by Crippen LogP contribution is 2.13. The van der Waals surface area contributed by atoms with Crippen molar-refractivity contribution in [2.75, 3.05) is 5.32 Å². The van der Waals surface area contributed by atoms with Crippen molar-refractivity contribution in [2.24, 2.45) is 0 Å². The van der Waals surface area contributed by atoms with Gasteiger partial charge in [0.25, 0.3) is 0 Å². The second-order valence-electron chi connectivity index (χ2n) is 5.54. The molecule has 1 aromatic carbocycles. The summed E-state index contributed by atoms with van der Waals surface area (Å²) in [5.74, 6) is 1.39. The lowest BCUT2D eigenvalue weighted by atomic mass is 10.1. The number of aromatic nitrogens is 6. The van der Waals surface area contributed by atoms with Gasteiger partial charge in [-0.25, -0.2) is 9.67 Å². The highest BCUT2D eigenvalue weighted by atomic mass is 15.3. The Morgan fingerprint density at radius 2 is 1.72 bits per heavy atom. The zero-order valence-electron chi connectivity index (χ0n) is 13.5. The molecule has 0 unspecified atom stereocenters. The van der Waals surface area contributed by atoms with Crippen LogP contribution in [-0.4, -0.2) is 29.5 Å². The van der Waals surface area contributed by atoms with Crippen molar-refractivity contribution in [1.29, 1.82) is 0 Å². The van der Waals surface area contributed by atoms with Gasteiger partial charge >= 0.3 is 0 Å². The number of nitrogens with zero attached hydrogens (tertiary/aromatic N) is 6. The molecule has 0 aliphatic heterocycles. The summed E-state index contributed by atoms with van der Waals surface area (Å²) in [5, 5.41) is 11.8. The monoisotopic (exact) mass is 331 g/mol. The van der Waals surface area contributed by atoms with Crippen LogP contribution < -0.4 is 5.32 Å². The molecule has 0 fully saturated rings. The molecule has 3 aromatic heterocycles. The fraction of sp³-hybridized carbons (Fsp3) is 0.111. The smallest absolute Gasteiger partial charge is 0.173 e. The van der Waals surface area contributed by atoms with E-state index < -0.39 is 0 Å². The van der Waals surface area contributed by atoms with Crippen LogP contribution in [0.4, 0.5) is 5.82 Å². The fourth-order valence-electron chi connectivity index (χ4n) is 2.59. The van der Waals surface area contributed by atoms with E-state index in [2.05, 4.69) is 37.6 Å². The van der Waals surface area contributed by atoms with Crippen LogP contribution in [0.25, 0.3) is 5.82 Å². The van der Waals surface area contributed by atoms with E-state index in [4.69, 9.17) is 0 Å². The summed E-state index contributed by atoms with van der Waals surface area (Å²) in [6.07, 6.45) is 10.7. The van der Waals surface area contributed by atoms with Crippen LogP contribution in [0.1, 0.15) is 11.1 Å². The number of benzene rings is 1. The van der Waals surface area contributed by atoms with Gasteiger partial charge in [0.15, 0.2) is 5.82 Å².